The van der Waals surface area contributed by atoms with Crippen molar-refractivity contribution in [2.24, 2.45) is 0 Å². The highest BCUT2D eigenvalue weighted by atomic mass is 32.1. The van der Waals surface area contributed by atoms with Gasteiger partial charge in [0.2, 0.25) is 0 Å². The number of rotatable bonds is 2. The van der Waals surface area contributed by atoms with Crippen LogP contribution in [0.1, 0.15) is 16.1 Å². The molecular formula is C9H9NOS. The molecule has 0 aliphatic rings. The minimum atomic E-state index is 0.937. The summed E-state index contributed by atoms with van der Waals surface area (Å²) in [6.07, 6.45) is 4.41. The number of aryl methyl sites for hydroxylation is 1. The zero-order valence-electron chi connectivity index (χ0n) is 6.78. The number of thiazole rings is 1. The molecule has 0 spiro atoms. The molecule has 2 aromatic rings. The molecule has 0 saturated heterocycles. The van der Waals surface area contributed by atoms with Gasteiger partial charge in [0, 0.05) is 11.3 Å². The average Bonchev–Trinajstić information content (AvgIpc) is 2.65. The molecule has 0 aromatic carbocycles. The van der Waals surface area contributed by atoms with Crippen molar-refractivity contribution in [2.75, 3.05) is 0 Å². The predicted molar refractivity (Wildman–Crippen MR) is 48.4 cm³/mol. The normalized spacial score (nSPS) is 10.4. The van der Waals surface area contributed by atoms with Crippen LogP contribution in [-0.4, -0.2) is 4.98 Å². The fourth-order valence-electron chi connectivity index (χ4n) is 1.07. The van der Waals surface area contributed by atoms with Crippen LogP contribution in [0.4, 0.5) is 0 Å². The lowest BCUT2D eigenvalue weighted by Crippen LogP contribution is -1.84. The SMILES string of the molecule is Cc1ncsc1Cc1ccoc1. The van der Waals surface area contributed by atoms with E-state index in [0.717, 1.165) is 12.1 Å². The zero-order valence-corrected chi connectivity index (χ0v) is 7.60. The molecule has 0 N–H and O–H groups in total. The second-order valence-electron chi connectivity index (χ2n) is 2.67. The molecule has 0 fully saturated rings. The summed E-state index contributed by atoms with van der Waals surface area (Å²) in [5, 5.41) is 0. The van der Waals surface area contributed by atoms with Crippen LogP contribution >= 0.6 is 11.3 Å². The fraction of sp³-hybridized carbons (Fsp3) is 0.222. The molecule has 12 heavy (non-hydrogen) atoms. The molecule has 2 rings (SSSR count). The Hall–Kier alpha value is -1.09. The maximum Gasteiger partial charge on any atom is 0.0938 e. The average molecular weight is 179 g/mol. The lowest BCUT2D eigenvalue weighted by atomic mass is 10.2. The predicted octanol–water partition coefficient (Wildman–Crippen LogP) is 2.64. The minimum Gasteiger partial charge on any atom is -0.472 e. The molecule has 2 nitrogen and oxygen atoms in total. The van der Waals surface area contributed by atoms with Crippen LogP contribution in [-0.2, 0) is 6.42 Å². The van der Waals surface area contributed by atoms with Gasteiger partial charge >= 0.3 is 0 Å². The van der Waals surface area contributed by atoms with Crippen LogP contribution < -0.4 is 0 Å². The monoisotopic (exact) mass is 179 g/mol. The van der Waals surface area contributed by atoms with Gasteiger partial charge in [-0.3, -0.25) is 0 Å². The van der Waals surface area contributed by atoms with E-state index in [-0.39, 0.29) is 0 Å². The van der Waals surface area contributed by atoms with E-state index >= 15 is 0 Å². The van der Waals surface area contributed by atoms with Crippen LogP contribution in [0.5, 0.6) is 0 Å². The molecule has 62 valence electrons. The lowest BCUT2D eigenvalue weighted by molar-refractivity contribution is 0.564. The van der Waals surface area contributed by atoms with E-state index in [1.54, 1.807) is 23.9 Å². The fourth-order valence-corrected chi connectivity index (χ4v) is 1.89. The standard InChI is InChI=1S/C9H9NOS/c1-7-9(12-6-10-7)4-8-2-3-11-5-8/h2-3,5-6H,4H2,1H3. The van der Waals surface area contributed by atoms with Crippen molar-refractivity contribution in [3.8, 4) is 0 Å². The summed E-state index contributed by atoms with van der Waals surface area (Å²) in [5.74, 6) is 0. The Bertz CT molecular complexity index is 350. The summed E-state index contributed by atoms with van der Waals surface area (Å²) in [6, 6.07) is 1.99. The number of aromatic nitrogens is 1. The van der Waals surface area contributed by atoms with Gasteiger partial charge in [-0.15, -0.1) is 11.3 Å². The van der Waals surface area contributed by atoms with Crippen LogP contribution in [0.2, 0.25) is 0 Å². The lowest BCUT2D eigenvalue weighted by Gasteiger charge is -1.92. The van der Waals surface area contributed by atoms with E-state index in [1.165, 1.54) is 10.4 Å². The third-order valence-corrected chi connectivity index (χ3v) is 2.72. The third kappa shape index (κ3) is 1.41. The van der Waals surface area contributed by atoms with E-state index in [0.29, 0.717) is 0 Å². The second-order valence-corrected chi connectivity index (χ2v) is 3.61. The Morgan fingerprint density at radius 1 is 1.58 bits per heavy atom. The summed E-state index contributed by atoms with van der Waals surface area (Å²) in [4.78, 5) is 5.50. The molecule has 0 atom stereocenters. The molecule has 0 aliphatic carbocycles. The van der Waals surface area contributed by atoms with Crippen LogP contribution in [0.15, 0.2) is 28.5 Å². The second kappa shape index (κ2) is 3.11. The number of nitrogens with zero attached hydrogens (tertiary/aromatic N) is 1. The Morgan fingerprint density at radius 3 is 3.08 bits per heavy atom. The number of furan rings is 1. The van der Waals surface area contributed by atoms with Crippen molar-refractivity contribution in [1.29, 1.82) is 0 Å². The quantitative estimate of drug-likeness (QED) is 0.708. The molecule has 2 heterocycles. The number of hydrogen-bond acceptors (Lipinski definition) is 3. The first-order chi connectivity index (χ1) is 5.86. The Morgan fingerprint density at radius 2 is 2.50 bits per heavy atom. The van der Waals surface area contributed by atoms with Crippen molar-refractivity contribution >= 4 is 11.3 Å². The summed E-state index contributed by atoms with van der Waals surface area (Å²) >= 11 is 1.69. The minimum absolute atomic E-state index is 0.937. The van der Waals surface area contributed by atoms with Gasteiger partial charge in [0.05, 0.1) is 23.7 Å². The van der Waals surface area contributed by atoms with Gasteiger partial charge in [0.1, 0.15) is 0 Å². The summed E-state index contributed by atoms with van der Waals surface area (Å²) in [5.41, 5.74) is 4.22. The van der Waals surface area contributed by atoms with E-state index in [9.17, 15) is 0 Å². The van der Waals surface area contributed by atoms with Crippen molar-refractivity contribution in [3.63, 3.8) is 0 Å². The largest absolute Gasteiger partial charge is 0.472 e. The highest BCUT2D eigenvalue weighted by Gasteiger charge is 2.02. The molecule has 0 radical (unpaired) electrons. The van der Waals surface area contributed by atoms with Crippen LogP contribution in [0.3, 0.4) is 0 Å². The maximum absolute atomic E-state index is 4.99. The Kier molecular flexibility index (Phi) is 1.96. The van der Waals surface area contributed by atoms with E-state index in [1.807, 2.05) is 18.5 Å². The zero-order chi connectivity index (χ0) is 8.39. The molecule has 3 heteroatoms. The first kappa shape index (κ1) is 7.55. The van der Waals surface area contributed by atoms with Gasteiger partial charge in [0.15, 0.2) is 0 Å². The highest BCUT2D eigenvalue weighted by molar-refractivity contribution is 7.09. The Labute approximate surface area is 74.9 Å². The van der Waals surface area contributed by atoms with Crippen molar-refractivity contribution in [1.82, 2.24) is 4.98 Å². The van der Waals surface area contributed by atoms with Gasteiger partial charge in [-0.1, -0.05) is 0 Å². The molecule has 2 aromatic heterocycles. The first-order valence-electron chi connectivity index (χ1n) is 3.76. The molecule has 0 amide bonds. The molecule has 0 saturated carbocycles. The Balaban J connectivity index is 2.20. The van der Waals surface area contributed by atoms with Crippen molar-refractivity contribution in [2.45, 2.75) is 13.3 Å². The summed E-state index contributed by atoms with van der Waals surface area (Å²) in [6.45, 7) is 2.03. The van der Waals surface area contributed by atoms with Crippen molar-refractivity contribution < 1.29 is 4.42 Å². The maximum atomic E-state index is 4.99. The van der Waals surface area contributed by atoms with Gasteiger partial charge < -0.3 is 4.42 Å². The van der Waals surface area contributed by atoms with Crippen molar-refractivity contribution in [3.05, 3.63) is 40.2 Å². The van der Waals surface area contributed by atoms with E-state index in [4.69, 9.17) is 4.42 Å². The summed E-state index contributed by atoms with van der Waals surface area (Å²) < 4.78 is 4.99. The van der Waals surface area contributed by atoms with E-state index < -0.39 is 0 Å². The smallest absolute Gasteiger partial charge is 0.0938 e. The first-order valence-corrected chi connectivity index (χ1v) is 4.64. The topological polar surface area (TPSA) is 26.0 Å². The molecule has 0 unspecified atom stereocenters. The van der Waals surface area contributed by atoms with Gasteiger partial charge in [-0.25, -0.2) is 4.98 Å². The third-order valence-electron chi connectivity index (χ3n) is 1.79. The van der Waals surface area contributed by atoms with Crippen LogP contribution in [0, 0.1) is 6.92 Å². The van der Waals surface area contributed by atoms with Crippen LogP contribution in [0.25, 0.3) is 0 Å². The number of hydrogen-bond donors (Lipinski definition) is 0. The van der Waals surface area contributed by atoms with Gasteiger partial charge in [0.25, 0.3) is 0 Å². The van der Waals surface area contributed by atoms with E-state index in [2.05, 4.69) is 4.98 Å². The van der Waals surface area contributed by atoms with Gasteiger partial charge in [-0.2, -0.15) is 0 Å². The summed E-state index contributed by atoms with van der Waals surface area (Å²) in [7, 11) is 0. The molecular weight excluding hydrogens is 170 g/mol. The highest BCUT2D eigenvalue weighted by Crippen LogP contribution is 2.17. The molecule has 0 aliphatic heterocycles. The molecule has 0 bridgehead atoms. The van der Waals surface area contributed by atoms with Gasteiger partial charge in [-0.05, 0) is 18.6 Å².